The highest BCUT2D eigenvalue weighted by Gasteiger charge is 2.26. The molecule has 24 heavy (non-hydrogen) atoms. The minimum absolute atomic E-state index is 0. The van der Waals surface area contributed by atoms with Crippen LogP contribution < -0.4 is 11.1 Å². The monoisotopic (exact) mass is 351 g/mol. The van der Waals surface area contributed by atoms with Crippen LogP contribution in [0.15, 0.2) is 41.1 Å². The summed E-state index contributed by atoms with van der Waals surface area (Å²) in [6, 6.07) is 9.18. The molecule has 1 aromatic heterocycles. The van der Waals surface area contributed by atoms with Gasteiger partial charge in [0.25, 0.3) is 0 Å². The van der Waals surface area contributed by atoms with E-state index in [0.717, 1.165) is 18.4 Å². The average Bonchev–Trinajstić information content (AvgIpc) is 3.09. The fourth-order valence-corrected chi connectivity index (χ4v) is 2.80. The molecule has 1 saturated heterocycles. The molecule has 0 radical (unpaired) electrons. The molecule has 3 rings (SSSR count). The summed E-state index contributed by atoms with van der Waals surface area (Å²) in [6.07, 6.45) is 3.05. The van der Waals surface area contributed by atoms with Crippen molar-refractivity contribution in [2.45, 2.75) is 25.4 Å². The SMILES string of the molecule is Cl.NC(C(=O)NCc1ncoc1-c1ccccc1)C1CCOCC1. The van der Waals surface area contributed by atoms with Gasteiger partial charge >= 0.3 is 0 Å². The molecular formula is C17H22ClN3O3. The number of ether oxygens (including phenoxy) is 1. The number of oxazole rings is 1. The molecule has 1 atom stereocenters. The second-order valence-corrected chi connectivity index (χ2v) is 5.69. The van der Waals surface area contributed by atoms with E-state index in [4.69, 9.17) is 14.9 Å². The van der Waals surface area contributed by atoms with Crippen LogP contribution in [0.5, 0.6) is 0 Å². The summed E-state index contributed by atoms with van der Waals surface area (Å²) >= 11 is 0. The van der Waals surface area contributed by atoms with Crippen molar-refractivity contribution in [3.63, 3.8) is 0 Å². The summed E-state index contributed by atoms with van der Waals surface area (Å²) in [6.45, 7) is 1.65. The first-order valence-electron chi connectivity index (χ1n) is 7.84. The van der Waals surface area contributed by atoms with Gasteiger partial charge in [-0.3, -0.25) is 4.79 Å². The van der Waals surface area contributed by atoms with Gasteiger partial charge in [0.2, 0.25) is 5.91 Å². The van der Waals surface area contributed by atoms with Crippen molar-refractivity contribution in [2.75, 3.05) is 13.2 Å². The number of amides is 1. The van der Waals surface area contributed by atoms with Crippen LogP contribution in [0.25, 0.3) is 11.3 Å². The predicted molar refractivity (Wildman–Crippen MR) is 92.6 cm³/mol. The smallest absolute Gasteiger partial charge is 0.237 e. The third kappa shape index (κ3) is 4.35. The Bertz CT molecular complexity index is 642. The minimum atomic E-state index is -0.508. The number of carbonyl (C=O) groups excluding carboxylic acids is 1. The highest BCUT2D eigenvalue weighted by atomic mass is 35.5. The molecule has 0 bridgehead atoms. The third-order valence-corrected chi connectivity index (χ3v) is 4.18. The number of nitrogens with two attached hydrogens (primary N) is 1. The van der Waals surface area contributed by atoms with Crippen LogP contribution in [0, 0.1) is 5.92 Å². The Morgan fingerprint density at radius 3 is 2.71 bits per heavy atom. The van der Waals surface area contributed by atoms with Crippen LogP contribution in [0.3, 0.4) is 0 Å². The molecule has 0 saturated carbocycles. The lowest BCUT2D eigenvalue weighted by Gasteiger charge is -2.26. The number of rotatable bonds is 5. The zero-order chi connectivity index (χ0) is 16.1. The maximum atomic E-state index is 12.2. The number of aromatic nitrogens is 1. The molecule has 7 heteroatoms. The molecule has 1 fully saturated rings. The molecule has 1 unspecified atom stereocenters. The summed E-state index contributed by atoms with van der Waals surface area (Å²) < 4.78 is 10.8. The predicted octanol–water partition coefficient (Wildman–Crippen LogP) is 2.13. The molecule has 0 spiro atoms. The lowest BCUT2D eigenvalue weighted by Crippen LogP contribution is -2.46. The van der Waals surface area contributed by atoms with E-state index in [9.17, 15) is 4.79 Å². The van der Waals surface area contributed by atoms with Crippen LogP contribution in [-0.2, 0) is 16.1 Å². The lowest BCUT2D eigenvalue weighted by atomic mass is 9.92. The van der Waals surface area contributed by atoms with Gasteiger partial charge < -0.3 is 20.2 Å². The van der Waals surface area contributed by atoms with Crippen molar-refractivity contribution >= 4 is 18.3 Å². The van der Waals surface area contributed by atoms with Gasteiger partial charge in [0, 0.05) is 18.8 Å². The molecule has 1 aromatic carbocycles. The van der Waals surface area contributed by atoms with Crippen molar-refractivity contribution < 1.29 is 13.9 Å². The Hall–Kier alpha value is -1.89. The summed E-state index contributed by atoms with van der Waals surface area (Å²) in [5, 5.41) is 2.87. The van der Waals surface area contributed by atoms with Gasteiger partial charge in [-0.25, -0.2) is 4.98 Å². The normalized spacial score (nSPS) is 16.2. The Balaban J connectivity index is 0.00000208. The Morgan fingerprint density at radius 1 is 1.29 bits per heavy atom. The molecule has 2 aromatic rings. The maximum Gasteiger partial charge on any atom is 0.237 e. The first kappa shape index (κ1) is 18.4. The molecule has 0 aliphatic carbocycles. The fraction of sp³-hybridized carbons (Fsp3) is 0.412. The van der Waals surface area contributed by atoms with Gasteiger partial charge in [-0.15, -0.1) is 12.4 Å². The molecule has 3 N–H and O–H groups in total. The fourth-order valence-electron chi connectivity index (χ4n) is 2.80. The molecule has 2 heterocycles. The van der Waals surface area contributed by atoms with Crippen molar-refractivity contribution in [3.05, 3.63) is 42.4 Å². The second kappa shape index (κ2) is 8.82. The van der Waals surface area contributed by atoms with Crippen molar-refractivity contribution in [2.24, 2.45) is 11.7 Å². The van der Waals surface area contributed by atoms with Crippen LogP contribution >= 0.6 is 12.4 Å². The molecule has 1 aliphatic rings. The largest absolute Gasteiger partial charge is 0.443 e. The topological polar surface area (TPSA) is 90.4 Å². The van der Waals surface area contributed by atoms with Gasteiger partial charge in [-0.2, -0.15) is 0 Å². The van der Waals surface area contributed by atoms with Crippen LogP contribution in [-0.4, -0.2) is 30.1 Å². The highest BCUT2D eigenvalue weighted by molar-refractivity contribution is 5.85. The Labute approximate surface area is 147 Å². The number of carbonyl (C=O) groups is 1. The number of hydrogen-bond acceptors (Lipinski definition) is 5. The summed E-state index contributed by atoms with van der Waals surface area (Å²) in [7, 11) is 0. The zero-order valence-electron chi connectivity index (χ0n) is 13.3. The van der Waals surface area contributed by atoms with E-state index in [1.165, 1.54) is 6.39 Å². The van der Waals surface area contributed by atoms with Gasteiger partial charge in [0.1, 0.15) is 5.69 Å². The average molecular weight is 352 g/mol. The first-order valence-corrected chi connectivity index (χ1v) is 7.84. The van der Waals surface area contributed by atoms with E-state index in [1.807, 2.05) is 30.3 Å². The van der Waals surface area contributed by atoms with E-state index < -0.39 is 6.04 Å². The number of benzene rings is 1. The van der Waals surface area contributed by atoms with Crippen molar-refractivity contribution in [1.82, 2.24) is 10.3 Å². The highest BCUT2D eigenvalue weighted by Crippen LogP contribution is 2.23. The van der Waals surface area contributed by atoms with Crippen LogP contribution in [0.2, 0.25) is 0 Å². The Morgan fingerprint density at radius 2 is 2.00 bits per heavy atom. The maximum absolute atomic E-state index is 12.2. The summed E-state index contributed by atoms with van der Waals surface area (Å²) in [5.74, 6) is 0.694. The first-order chi connectivity index (χ1) is 11.3. The van der Waals surface area contributed by atoms with Crippen molar-refractivity contribution in [1.29, 1.82) is 0 Å². The Kier molecular flexibility index (Phi) is 6.78. The molecule has 1 aliphatic heterocycles. The number of nitrogens with one attached hydrogen (secondary N) is 1. The van der Waals surface area contributed by atoms with Gasteiger partial charge in [0.15, 0.2) is 12.2 Å². The number of nitrogens with zero attached hydrogens (tertiary/aromatic N) is 1. The molecule has 1 amide bonds. The molecule has 130 valence electrons. The number of hydrogen-bond donors (Lipinski definition) is 2. The van der Waals surface area contributed by atoms with Gasteiger partial charge in [-0.05, 0) is 18.8 Å². The summed E-state index contributed by atoms with van der Waals surface area (Å²) in [5.41, 5.74) is 7.70. The van der Waals surface area contributed by atoms with E-state index in [-0.39, 0.29) is 24.2 Å². The summed E-state index contributed by atoms with van der Waals surface area (Å²) in [4.78, 5) is 16.4. The van der Waals surface area contributed by atoms with E-state index in [2.05, 4.69) is 10.3 Å². The van der Waals surface area contributed by atoms with E-state index in [1.54, 1.807) is 0 Å². The molecule has 6 nitrogen and oxygen atoms in total. The standard InChI is InChI=1S/C17H21N3O3.ClH/c18-15(12-6-8-22-9-7-12)17(21)19-10-14-16(23-11-20-14)13-4-2-1-3-5-13;/h1-5,11-12,15H,6-10,18H2,(H,19,21);1H. The van der Waals surface area contributed by atoms with E-state index >= 15 is 0 Å². The van der Waals surface area contributed by atoms with Gasteiger partial charge in [0.05, 0.1) is 12.6 Å². The van der Waals surface area contributed by atoms with Gasteiger partial charge in [-0.1, -0.05) is 30.3 Å². The third-order valence-electron chi connectivity index (χ3n) is 4.18. The van der Waals surface area contributed by atoms with Crippen LogP contribution in [0.1, 0.15) is 18.5 Å². The van der Waals surface area contributed by atoms with Crippen molar-refractivity contribution in [3.8, 4) is 11.3 Å². The molecular weight excluding hydrogens is 330 g/mol. The van der Waals surface area contributed by atoms with Crippen LogP contribution in [0.4, 0.5) is 0 Å². The zero-order valence-corrected chi connectivity index (χ0v) is 14.1. The number of halogens is 1. The van der Waals surface area contributed by atoms with E-state index in [0.29, 0.717) is 31.2 Å². The minimum Gasteiger partial charge on any atom is -0.443 e. The quantitative estimate of drug-likeness (QED) is 0.861. The second-order valence-electron chi connectivity index (χ2n) is 5.69. The lowest BCUT2D eigenvalue weighted by molar-refractivity contribution is -0.124.